The molecule has 0 aliphatic heterocycles. The van der Waals surface area contributed by atoms with E-state index in [0.717, 1.165) is 10.0 Å². The number of ether oxygens (including phenoxy) is 2. The van der Waals surface area contributed by atoms with Crippen molar-refractivity contribution in [2.24, 2.45) is 0 Å². The van der Waals surface area contributed by atoms with Gasteiger partial charge in [-0.3, -0.25) is 0 Å². The zero-order valence-electron chi connectivity index (χ0n) is 10.2. The zero-order chi connectivity index (χ0) is 13.5. The van der Waals surface area contributed by atoms with Gasteiger partial charge in [-0.25, -0.2) is 0 Å². The highest BCUT2D eigenvalue weighted by Gasteiger charge is 2.14. The van der Waals surface area contributed by atoms with Crippen LogP contribution in [0.4, 0.5) is 0 Å². The lowest BCUT2D eigenvalue weighted by Crippen LogP contribution is -2.13. The van der Waals surface area contributed by atoms with Crippen molar-refractivity contribution < 1.29 is 14.3 Å². The van der Waals surface area contributed by atoms with Crippen molar-refractivity contribution in [3.63, 3.8) is 0 Å². The van der Waals surface area contributed by atoms with Crippen LogP contribution in [-0.2, 0) is 9.53 Å². The van der Waals surface area contributed by atoms with E-state index in [1.165, 1.54) is 0 Å². The lowest BCUT2D eigenvalue weighted by molar-refractivity contribution is -0.124. The quantitative estimate of drug-likeness (QED) is 0.600. The Morgan fingerprint density at radius 1 is 1.05 bits per heavy atom. The van der Waals surface area contributed by atoms with Crippen molar-refractivity contribution in [2.75, 3.05) is 6.61 Å². The molecule has 19 heavy (non-hydrogen) atoms. The summed E-state index contributed by atoms with van der Waals surface area (Å²) < 4.78 is 12.1. The molecule has 0 bridgehead atoms. The highest BCUT2D eigenvalue weighted by molar-refractivity contribution is 9.10. The van der Waals surface area contributed by atoms with Crippen molar-refractivity contribution in [2.45, 2.75) is 6.29 Å². The molecule has 0 heterocycles. The topological polar surface area (TPSA) is 35.5 Å². The van der Waals surface area contributed by atoms with E-state index in [1.54, 1.807) is 0 Å². The number of benzene rings is 2. The summed E-state index contributed by atoms with van der Waals surface area (Å²) in [5.74, 6) is 0.669. The van der Waals surface area contributed by atoms with E-state index in [-0.39, 0.29) is 6.61 Å². The van der Waals surface area contributed by atoms with Crippen LogP contribution < -0.4 is 4.74 Å². The van der Waals surface area contributed by atoms with Crippen molar-refractivity contribution >= 4 is 22.2 Å². The molecule has 3 nitrogen and oxygen atoms in total. The summed E-state index contributed by atoms with van der Waals surface area (Å²) in [6.45, 7) is -0.00991. The largest absolute Gasteiger partial charge is 0.459 e. The lowest BCUT2D eigenvalue weighted by Gasteiger charge is -2.19. The van der Waals surface area contributed by atoms with Crippen molar-refractivity contribution in [3.05, 3.63) is 64.6 Å². The predicted octanol–water partition coefficient (Wildman–Crippen LogP) is 3.74. The Morgan fingerprint density at radius 3 is 2.42 bits per heavy atom. The molecule has 0 aromatic heterocycles. The minimum absolute atomic E-state index is 0.00991. The molecule has 1 atom stereocenters. The Balaban J connectivity index is 2.19. The van der Waals surface area contributed by atoms with Gasteiger partial charge in [0.05, 0.1) is 4.47 Å². The molecule has 0 amide bonds. The number of carbonyl (C=O) groups excluding carboxylic acids is 1. The summed E-state index contributed by atoms with van der Waals surface area (Å²) in [6, 6.07) is 17.0. The summed E-state index contributed by atoms with van der Waals surface area (Å²) in [5.41, 5.74) is 0.861. The first kappa shape index (κ1) is 13.8. The number of para-hydroxylation sites is 1. The van der Waals surface area contributed by atoms with Gasteiger partial charge < -0.3 is 14.3 Å². The first-order chi connectivity index (χ1) is 9.31. The van der Waals surface area contributed by atoms with Crippen LogP contribution >= 0.6 is 15.9 Å². The fourth-order valence-electron chi connectivity index (χ4n) is 1.59. The van der Waals surface area contributed by atoms with E-state index in [0.29, 0.717) is 12.0 Å². The average molecular weight is 321 g/mol. The monoisotopic (exact) mass is 320 g/mol. The molecule has 0 N–H and O–H groups in total. The maximum atomic E-state index is 10.5. The number of aldehydes is 1. The number of halogens is 1. The molecular formula is C15H13BrO3. The molecule has 0 saturated heterocycles. The first-order valence-electron chi connectivity index (χ1n) is 5.82. The maximum absolute atomic E-state index is 10.5. The highest BCUT2D eigenvalue weighted by atomic mass is 79.9. The third kappa shape index (κ3) is 3.91. The lowest BCUT2D eigenvalue weighted by atomic mass is 10.2. The molecule has 0 aliphatic carbocycles. The molecule has 2 aromatic carbocycles. The van der Waals surface area contributed by atoms with Gasteiger partial charge in [0.25, 0.3) is 0 Å². The van der Waals surface area contributed by atoms with E-state index in [9.17, 15) is 4.79 Å². The van der Waals surface area contributed by atoms with Crippen molar-refractivity contribution in [1.29, 1.82) is 0 Å². The van der Waals surface area contributed by atoms with Gasteiger partial charge in [-0.05, 0) is 28.1 Å². The normalized spacial score (nSPS) is 11.8. The molecule has 1 unspecified atom stereocenters. The van der Waals surface area contributed by atoms with Crippen LogP contribution in [0.15, 0.2) is 59.1 Å². The van der Waals surface area contributed by atoms with E-state index in [4.69, 9.17) is 9.47 Å². The van der Waals surface area contributed by atoms with Gasteiger partial charge in [-0.1, -0.05) is 42.5 Å². The van der Waals surface area contributed by atoms with Gasteiger partial charge in [0.1, 0.15) is 18.6 Å². The molecule has 4 heteroatoms. The van der Waals surface area contributed by atoms with Crippen LogP contribution in [0, 0.1) is 0 Å². The number of rotatable bonds is 6. The molecule has 98 valence electrons. The summed E-state index contributed by atoms with van der Waals surface area (Å²) in [4.78, 5) is 10.5. The average Bonchev–Trinajstić information content (AvgIpc) is 2.46. The van der Waals surface area contributed by atoms with Gasteiger partial charge in [-0.2, -0.15) is 0 Å². The standard InChI is InChI=1S/C15H13BrO3/c16-13-8-4-5-9-14(13)19-15(18-11-10-17)12-6-2-1-3-7-12/h1-10,15H,11H2. The Kier molecular flexibility index (Phi) is 5.12. The van der Waals surface area contributed by atoms with Crippen molar-refractivity contribution in [1.82, 2.24) is 0 Å². The fourth-order valence-corrected chi connectivity index (χ4v) is 1.97. The summed E-state index contributed by atoms with van der Waals surface area (Å²) in [5, 5.41) is 0. The second-order valence-corrected chi connectivity index (χ2v) is 4.65. The second kappa shape index (κ2) is 7.07. The van der Waals surface area contributed by atoms with E-state index in [1.807, 2.05) is 54.6 Å². The van der Waals surface area contributed by atoms with Gasteiger partial charge in [0.15, 0.2) is 0 Å². The van der Waals surface area contributed by atoms with Gasteiger partial charge >= 0.3 is 0 Å². The summed E-state index contributed by atoms with van der Waals surface area (Å²) >= 11 is 3.42. The molecule has 2 aromatic rings. The molecule has 0 fully saturated rings. The van der Waals surface area contributed by atoms with Gasteiger partial charge in [-0.15, -0.1) is 0 Å². The molecule has 0 saturated carbocycles. The van der Waals surface area contributed by atoms with Crippen LogP contribution in [0.2, 0.25) is 0 Å². The highest BCUT2D eigenvalue weighted by Crippen LogP contribution is 2.29. The molecule has 2 rings (SSSR count). The second-order valence-electron chi connectivity index (χ2n) is 3.79. The third-order valence-corrected chi connectivity index (χ3v) is 3.11. The van der Waals surface area contributed by atoms with Crippen LogP contribution in [0.25, 0.3) is 0 Å². The molecular weight excluding hydrogens is 308 g/mol. The van der Waals surface area contributed by atoms with E-state index < -0.39 is 6.29 Å². The summed E-state index contributed by atoms with van der Waals surface area (Å²) in [7, 11) is 0. The number of carbonyl (C=O) groups is 1. The van der Waals surface area contributed by atoms with Gasteiger partial charge in [0, 0.05) is 5.56 Å². The zero-order valence-corrected chi connectivity index (χ0v) is 11.7. The minimum Gasteiger partial charge on any atom is -0.459 e. The predicted molar refractivity (Wildman–Crippen MR) is 76.0 cm³/mol. The molecule has 0 radical (unpaired) electrons. The number of hydrogen-bond donors (Lipinski definition) is 0. The third-order valence-electron chi connectivity index (χ3n) is 2.46. The Morgan fingerprint density at radius 2 is 1.74 bits per heavy atom. The van der Waals surface area contributed by atoms with Gasteiger partial charge in [0.2, 0.25) is 6.29 Å². The Labute approximate surface area is 120 Å². The first-order valence-corrected chi connectivity index (χ1v) is 6.62. The SMILES string of the molecule is O=CCOC(Oc1ccccc1Br)c1ccccc1. The molecule has 0 aliphatic rings. The number of hydrogen-bond acceptors (Lipinski definition) is 3. The smallest absolute Gasteiger partial charge is 0.227 e. The Hall–Kier alpha value is -1.65. The van der Waals surface area contributed by atoms with Crippen LogP contribution in [0.5, 0.6) is 5.75 Å². The van der Waals surface area contributed by atoms with E-state index >= 15 is 0 Å². The fraction of sp³-hybridized carbons (Fsp3) is 0.133. The van der Waals surface area contributed by atoms with E-state index in [2.05, 4.69) is 15.9 Å². The summed E-state index contributed by atoms with van der Waals surface area (Å²) in [6.07, 6.45) is 0.101. The molecule has 0 spiro atoms. The van der Waals surface area contributed by atoms with Crippen LogP contribution in [-0.4, -0.2) is 12.9 Å². The minimum atomic E-state index is -0.606. The Bertz CT molecular complexity index is 528. The van der Waals surface area contributed by atoms with Crippen LogP contribution in [0.1, 0.15) is 11.9 Å². The van der Waals surface area contributed by atoms with Crippen LogP contribution in [0.3, 0.4) is 0 Å². The maximum Gasteiger partial charge on any atom is 0.227 e. The van der Waals surface area contributed by atoms with Crippen molar-refractivity contribution in [3.8, 4) is 5.75 Å².